The van der Waals surface area contributed by atoms with E-state index in [-0.39, 0.29) is 23.7 Å². The van der Waals surface area contributed by atoms with Gasteiger partial charge in [0.2, 0.25) is 0 Å². The highest BCUT2D eigenvalue weighted by atomic mass is 35.5. The third-order valence-electron chi connectivity index (χ3n) is 5.79. The van der Waals surface area contributed by atoms with Crippen molar-refractivity contribution in [3.8, 4) is 11.5 Å². The van der Waals surface area contributed by atoms with Crippen LogP contribution in [0.25, 0.3) is 0 Å². The molecule has 0 bridgehead atoms. The number of carbonyl (C=O) groups excluding carboxylic acids is 1. The number of sulfone groups is 1. The molecule has 34 heavy (non-hydrogen) atoms. The van der Waals surface area contributed by atoms with Gasteiger partial charge in [0, 0.05) is 26.1 Å². The molecule has 0 aromatic heterocycles. The van der Waals surface area contributed by atoms with Gasteiger partial charge in [0.15, 0.2) is 14.6 Å². The Morgan fingerprint density at radius 2 is 1.68 bits per heavy atom. The zero-order valence-electron chi connectivity index (χ0n) is 19.2. The number of ether oxygens (including phenoxy) is 3. The molecule has 1 unspecified atom stereocenters. The van der Waals surface area contributed by atoms with Crippen molar-refractivity contribution >= 4 is 28.2 Å². The van der Waals surface area contributed by atoms with Gasteiger partial charge in [0.05, 0.1) is 25.2 Å². The van der Waals surface area contributed by atoms with Gasteiger partial charge >= 0.3 is 0 Å². The molecule has 1 atom stereocenters. The van der Waals surface area contributed by atoms with Crippen LogP contribution in [0.3, 0.4) is 0 Å². The Kier molecular flexibility index (Phi) is 10.1. The molecule has 0 aliphatic carbocycles. The van der Waals surface area contributed by atoms with Gasteiger partial charge in [-0.3, -0.25) is 14.9 Å². The molecule has 2 aromatic rings. The van der Waals surface area contributed by atoms with E-state index in [0.717, 1.165) is 32.8 Å². The van der Waals surface area contributed by atoms with E-state index in [1.54, 1.807) is 24.3 Å². The normalized spacial score (nSPS) is 16.1. The molecule has 1 heterocycles. The Morgan fingerprint density at radius 3 is 2.24 bits per heavy atom. The van der Waals surface area contributed by atoms with Crippen molar-refractivity contribution in [3.05, 3.63) is 54.1 Å². The molecular weight excluding hydrogens is 484 g/mol. The van der Waals surface area contributed by atoms with Gasteiger partial charge in [-0.15, -0.1) is 12.4 Å². The monoisotopic (exact) mass is 514 g/mol. The maximum atomic E-state index is 13.4. The SMILES string of the molecule is COc1ccc(S(=O)(=O)C(C)(Cc2ccc(OCCN3CCOCC3)cc2)C(=O)NO)cc1.Cl. The number of rotatable bonds is 10. The summed E-state index contributed by atoms with van der Waals surface area (Å²) in [5.41, 5.74) is 2.12. The first-order chi connectivity index (χ1) is 15.8. The average molecular weight is 515 g/mol. The van der Waals surface area contributed by atoms with Crippen molar-refractivity contribution in [3.63, 3.8) is 0 Å². The zero-order chi connectivity index (χ0) is 23.9. The van der Waals surface area contributed by atoms with Crippen LogP contribution < -0.4 is 15.0 Å². The first-order valence-corrected chi connectivity index (χ1v) is 12.1. The highest BCUT2D eigenvalue weighted by Crippen LogP contribution is 2.31. The van der Waals surface area contributed by atoms with E-state index in [0.29, 0.717) is 23.7 Å². The van der Waals surface area contributed by atoms with Crippen molar-refractivity contribution in [2.75, 3.05) is 46.6 Å². The number of morpholine rings is 1. The van der Waals surface area contributed by atoms with Gasteiger partial charge in [0.25, 0.3) is 5.91 Å². The highest BCUT2D eigenvalue weighted by molar-refractivity contribution is 7.93. The molecule has 1 saturated heterocycles. The van der Waals surface area contributed by atoms with Crippen LogP contribution in [0.5, 0.6) is 11.5 Å². The molecule has 9 nitrogen and oxygen atoms in total. The molecular formula is C23H31ClN2O7S. The van der Waals surface area contributed by atoms with E-state index in [1.807, 2.05) is 0 Å². The molecule has 1 aliphatic heterocycles. The van der Waals surface area contributed by atoms with E-state index in [4.69, 9.17) is 14.2 Å². The van der Waals surface area contributed by atoms with E-state index >= 15 is 0 Å². The topological polar surface area (TPSA) is 114 Å². The predicted octanol–water partition coefficient (Wildman–Crippen LogP) is 2.11. The fourth-order valence-electron chi connectivity index (χ4n) is 3.64. The van der Waals surface area contributed by atoms with Crippen LogP contribution in [0.1, 0.15) is 12.5 Å². The Morgan fingerprint density at radius 1 is 1.09 bits per heavy atom. The van der Waals surface area contributed by atoms with Crippen LogP contribution in [0.15, 0.2) is 53.4 Å². The van der Waals surface area contributed by atoms with Gasteiger partial charge in [-0.25, -0.2) is 13.9 Å². The fraction of sp³-hybridized carbons (Fsp3) is 0.435. The summed E-state index contributed by atoms with van der Waals surface area (Å²) in [7, 11) is -2.67. The first-order valence-electron chi connectivity index (χ1n) is 10.7. The molecule has 1 fully saturated rings. The van der Waals surface area contributed by atoms with Crippen LogP contribution in [0.2, 0.25) is 0 Å². The third kappa shape index (κ3) is 6.39. The number of halogens is 1. The Bertz CT molecular complexity index is 1030. The number of nitrogens with one attached hydrogen (secondary N) is 1. The van der Waals surface area contributed by atoms with E-state index in [9.17, 15) is 18.4 Å². The maximum absolute atomic E-state index is 13.4. The fourth-order valence-corrected chi connectivity index (χ4v) is 5.30. The van der Waals surface area contributed by atoms with Gasteiger partial charge in [-0.05, 0) is 48.9 Å². The molecule has 0 radical (unpaired) electrons. The molecule has 2 aromatic carbocycles. The second kappa shape index (κ2) is 12.4. The summed E-state index contributed by atoms with van der Waals surface area (Å²) in [6.07, 6.45) is -0.137. The molecule has 188 valence electrons. The number of benzene rings is 2. The molecule has 0 saturated carbocycles. The van der Waals surface area contributed by atoms with Crippen LogP contribution >= 0.6 is 12.4 Å². The molecule has 0 spiro atoms. The van der Waals surface area contributed by atoms with Crippen LogP contribution in [-0.2, 0) is 25.8 Å². The minimum absolute atomic E-state index is 0. The molecule has 2 N–H and O–H groups in total. The second-order valence-electron chi connectivity index (χ2n) is 7.97. The summed E-state index contributed by atoms with van der Waals surface area (Å²) in [5, 5.41) is 9.27. The van der Waals surface area contributed by atoms with Gasteiger partial charge in [-0.1, -0.05) is 12.1 Å². The zero-order valence-corrected chi connectivity index (χ0v) is 20.9. The van der Waals surface area contributed by atoms with Gasteiger partial charge < -0.3 is 14.2 Å². The van der Waals surface area contributed by atoms with Crippen molar-refractivity contribution in [1.82, 2.24) is 10.4 Å². The Balaban J connectivity index is 0.00000408. The lowest BCUT2D eigenvalue weighted by atomic mass is 9.99. The standard InChI is InChI=1S/C23H30N2O7S.ClH/c1-23(22(26)24-27,33(28,29)21-9-7-19(30-2)8-10-21)17-18-3-5-20(6-4-18)32-16-13-25-11-14-31-15-12-25;/h3-10,27H,11-17H2,1-2H3,(H,24,26);1H. The average Bonchev–Trinajstić information content (AvgIpc) is 2.85. The number of hydroxylamine groups is 1. The lowest BCUT2D eigenvalue weighted by Gasteiger charge is -2.27. The van der Waals surface area contributed by atoms with Gasteiger partial charge in [0.1, 0.15) is 18.1 Å². The highest BCUT2D eigenvalue weighted by Gasteiger charge is 2.47. The number of hydrogen-bond acceptors (Lipinski definition) is 8. The van der Waals surface area contributed by atoms with Crippen molar-refractivity contribution in [2.24, 2.45) is 0 Å². The van der Waals surface area contributed by atoms with Crippen LogP contribution in [0.4, 0.5) is 0 Å². The molecule has 11 heteroatoms. The summed E-state index contributed by atoms with van der Waals surface area (Å²) in [6.45, 7) is 5.84. The number of amides is 1. The smallest absolute Gasteiger partial charge is 0.265 e. The maximum Gasteiger partial charge on any atom is 0.265 e. The lowest BCUT2D eigenvalue weighted by molar-refractivity contribution is -0.131. The minimum atomic E-state index is -4.15. The Labute approximate surface area is 206 Å². The van der Waals surface area contributed by atoms with Crippen LogP contribution in [0, 0.1) is 0 Å². The molecule has 3 rings (SSSR count). The minimum Gasteiger partial charge on any atom is -0.497 e. The number of carbonyl (C=O) groups is 1. The lowest BCUT2D eigenvalue weighted by Crippen LogP contribution is -2.51. The summed E-state index contributed by atoms with van der Waals surface area (Å²) in [4.78, 5) is 14.8. The summed E-state index contributed by atoms with van der Waals surface area (Å²) in [5.74, 6) is 0.133. The molecule has 1 amide bonds. The van der Waals surface area contributed by atoms with Crippen molar-refractivity contribution in [2.45, 2.75) is 23.0 Å². The summed E-state index contributed by atoms with van der Waals surface area (Å²) in [6, 6.07) is 12.7. The van der Waals surface area contributed by atoms with E-state index in [1.165, 1.54) is 43.8 Å². The number of methoxy groups -OCH3 is 1. The van der Waals surface area contributed by atoms with Crippen molar-refractivity contribution < 1.29 is 32.6 Å². The summed E-state index contributed by atoms with van der Waals surface area (Å²) < 4.78 is 41.0. The number of hydrogen-bond donors (Lipinski definition) is 2. The van der Waals surface area contributed by atoms with E-state index < -0.39 is 20.5 Å². The largest absolute Gasteiger partial charge is 0.497 e. The Hall–Kier alpha value is -2.37. The third-order valence-corrected chi connectivity index (χ3v) is 8.20. The van der Waals surface area contributed by atoms with Gasteiger partial charge in [-0.2, -0.15) is 0 Å². The second-order valence-corrected chi connectivity index (χ2v) is 10.4. The van der Waals surface area contributed by atoms with E-state index in [2.05, 4.69) is 4.90 Å². The summed E-state index contributed by atoms with van der Waals surface area (Å²) >= 11 is 0. The van der Waals surface area contributed by atoms with Crippen molar-refractivity contribution in [1.29, 1.82) is 0 Å². The quantitative estimate of drug-likeness (QED) is 0.366. The number of nitrogens with zero attached hydrogens (tertiary/aromatic N) is 1. The molecule has 1 aliphatic rings. The van der Waals surface area contributed by atoms with Crippen LogP contribution in [-0.4, -0.2) is 75.7 Å². The first kappa shape index (κ1) is 27.9. The predicted molar refractivity (Wildman–Crippen MR) is 129 cm³/mol.